The quantitative estimate of drug-likeness (QED) is 0.572. The molecule has 2 N–H and O–H groups in total. The molecule has 0 aliphatic carbocycles. The van der Waals surface area contributed by atoms with Gasteiger partial charge in [-0.1, -0.05) is 0 Å². The normalized spacial score (nSPS) is 10.8. The molecule has 1 aromatic heterocycles. The van der Waals surface area contributed by atoms with Crippen LogP contribution in [0.5, 0.6) is 0 Å². The van der Waals surface area contributed by atoms with Gasteiger partial charge in [0, 0.05) is 10.5 Å². The van der Waals surface area contributed by atoms with Gasteiger partial charge in [-0.25, -0.2) is 4.98 Å². The summed E-state index contributed by atoms with van der Waals surface area (Å²) in [4.78, 5) is 34.0. The Kier molecular flexibility index (Phi) is 3.96. The molecule has 0 aliphatic rings. The number of fused-ring (bicyclic) bond motifs is 1. The predicted octanol–water partition coefficient (Wildman–Crippen LogP) is 3.14. The van der Waals surface area contributed by atoms with Gasteiger partial charge in [-0.05, 0) is 36.8 Å². The van der Waals surface area contributed by atoms with Gasteiger partial charge in [0.25, 0.3) is 5.69 Å². The number of aliphatic carboxylic acids is 1. The van der Waals surface area contributed by atoms with E-state index in [9.17, 15) is 25.0 Å². The Morgan fingerprint density at radius 1 is 1.29 bits per heavy atom. The highest BCUT2D eigenvalue weighted by molar-refractivity contribution is 9.13. The molecule has 11 heteroatoms. The van der Waals surface area contributed by atoms with E-state index in [1.807, 2.05) is 0 Å². The fraction of sp³-hybridized carbons (Fsp3) is 0.100. The van der Waals surface area contributed by atoms with Crippen LogP contribution in [0.15, 0.2) is 15.0 Å². The van der Waals surface area contributed by atoms with E-state index in [-0.39, 0.29) is 20.9 Å². The highest BCUT2D eigenvalue weighted by Gasteiger charge is 2.31. The molecule has 2 aromatic rings. The minimum Gasteiger partial charge on any atom is -0.481 e. The second-order valence-electron chi connectivity index (χ2n) is 3.98. The molecule has 2 rings (SSSR count). The summed E-state index contributed by atoms with van der Waals surface area (Å²) >= 11 is 6.13. The Balaban J connectivity index is 2.98. The number of nitrogens with one attached hydrogen (secondary N) is 1. The standard InChI is InChI=1S/C10H5Br2N3O6/c11-4-2-5-7(9(8(4)12)14(18)19)3(1-6(16)17)10(13-5)15(20)21/h2,13H,1H2,(H,16,17). The first-order chi connectivity index (χ1) is 9.73. The predicted molar refractivity (Wildman–Crippen MR) is 78.3 cm³/mol. The van der Waals surface area contributed by atoms with E-state index in [1.165, 1.54) is 6.07 Å². The van der Waals surface area contributed by atoms with Crippen molar-refractivity contribution in [2.24, 2.45) is 0 Å². The maximum Gasteiger partial charge on any atom is 0.326 e. The third-order valence-electron chi connectivity index (χ3n) is 2.73. The van der Waals surface area contributed by atoms with Crippen LogP contribution in [0, 0.1) is 20.2 Å². The summed E-state index contributed by atoms with van der Waals surface area (Å²) in [5, 5.41) is 31.0. The van der Waals surface area contributed by atoms with Gasteiger partial charge in [0.05, 0.1) is 16.9 Å². The summed E-state index contributed by atoms with van der Waals surface area (Å²) < 4.78 is 0.403. The Labute approximate surface area is 132 Å². The average molecular weight is 423 g/mol. The second kappa shape index (κ2) is 5.41. The van der Waals surface area contributed by atoms with Crippen molar-refractivity contribution < 1.29 is 19.7 Å². The molecule has 0 bridgehead atoms. The molecule has 0 spiro atoms. The molecule has 110 valence electrons. The van der Waals surface area contributed by atoms with E-state index >= 15 is 0 Å². The number of hydrogen-bond acceptors (Lipinski definition) is 5. The second-order valence-corrected chi connectivity index (χ2v) is 5.63. The molecule has 0 amide bonds. The zero-order chi connectivity index (χ0) is 15.9. The van der Waals surface area contributed by atoms with E-state index in [1.54, 1.807) is 0 Å². The molecule has 1 aromatic carbocycles. The molecular formula is C10H5Br2N3O6. The number of carboxylic acid groups (broad SMARTS) is 1. The molecule has 0 atom stereocenters. The smallest absolute Gasteiger partial charge is 0.326 e. The zero-order valence-corrected chi connectivity index (χ0v) is 13.1. The van der Waals surface area contributed by atoms with Crippen LogP contribution < -0.4 is 0 Å². The van der Waals surface area contributed by atoms with Gasteiger partial charge in [-0.15, -0.1) is 0 Å². The number of H-pyrrole nitrogens is 1. The molecule has 0 saturated carbocycles. The molecule has 0 unspecified atom stereocenters. The summed E-state index contributed by atoms with van der Waals surface area (Å²) in [6.45, 7) is 0. The number of rotatable bonds is 4. The SMILES string of the molecule is O=C(O)Cc1c([N+](=O)[O-])[nH]c2cc(Br)c(Br)c([N+](=O)[O-])c12. The number of carboxylic acids is 1. The summed E-state index contributed by atoms with van der Waals surface area (Å²) in [5.41, 5.74) is -0.554. The number of nitrogens with zero attached hydrogens (tertiary/aromatic N) is 2. The van der Waals surface area contributed by atoms with Crippen molar-refractivity contribution in [1.82, 2.24) is 4.98 Å². The topological polar surface area (TPSA) is 139 Å². The minimum absolute atomic E-state index is 0.0838. The third-order valence-corrected chi connectivity index (χ3v) is 4.69. The summed E-state index contributed by atoms with van der Waals surface area (Å²) in [7, 11) is 0. The lowest BCUT2D eigenvalue weighted by atomic mass is 10.1. The minimum atomic E-state index is -1.33. The molecule has 1 heterocycles. The fourth-order valence-corrected chi connectivity index (χ4v) is 2.86. The lowest BCUT2D eigenvalue weighted by Gasteiger charge is -2.01. The first-order valence-corrected chi connectivity index (χ1v) is 6.85. The van der Waals surface area contributed by atoms with Gasteiger partial charge in [0.1, 0.15) is 15.4 Å². The van der Waals surface area contributed by atoms with Crippen LogP contribution >= 0.6 is 31.9 Å². The highest BCUT2D eigenvalue weighted by atomic mass is 79.9. The monoisotopic (exact) mass is 421 g/mol. The first kappa shape index (κ1) is 15.4. The van der Waals surface area contributed by atoms with Gasteiger partial charge in [-0.2, -0.15) is 0 Å². The molecule has 21 heavy (non-hydrogen) atoms. The van der Waals surface area contributed by atoms with Crippen LogP contribution in [0.1, 0.15) is 5.56 Å². The molecule has 0 saturated heterocycles. The maximum absolute atomic E-state index is 11.2. The number of aromatic nitrogens is 1. The van der Waals surface area contributed by atoms with Gasteiger partial charge in [0.2, 0.25) is 0 Å². The Morgan fingerprint density at radius 3 is 2.38 bits per heavy atom. The van der Waals surface area contributed by atoms with Crippen LogP contribution in [0.25, 0.3) is 10.9 Å². The third kappa shape index (κ3) is 2.61. The fourth-order valence-electron chi connectivity index (χ4n) is 1.99. The van der Waals surface area contributed by atoms with Gasteiger partial charge < -0.3 is 15.2 Å². The summed E-state index contributed by atoms with van der Waals surface area (Å²) in [5.74, 6) is -1.90. The number of halogens is 2. The van der Waals surface area contributed by atoms with E-state index in [0.29, 0.717) is 4.47 Å². The van der Waals surface area contributed by atoms with Crippen molar-refractivity contribution >= 4 is 60.2 Å². The molecular weight excluding hydrogens is 418 g/mol. The number of hydrogen-bond donors (Lipinski definition) is 2. The van der Waals surface area contributed by atoms with Crippen LogP contribution in [-0.2, 0) is 11.2 Å². The first-order valence-electron chi connectivity index (χ1n) is 5.27. The van der Waals surface area contributed by atoms with E-state index in [0.717, 1.165) is 0 Å². The van der Waals surface area contributed by atoms with Crippen LogP contribution in [0.3, 0.4) is 0 Å². The Morgan fingerprint density at radius 2 is 1.90 bits per heavy atom. The lowest BCUT2D eigenvalue weighted by Crippen LogP contribution is -2.03. The average Bonchev–Trinajstić information content (AvgIpc) is 2.68. The van der Waals surface area contributed by atoms with Crippen molar-refractivity contribution in [1.29, 1.82) is 0 Å². The van der Waals surface area contributed by atoms with Crippen LogP contribution in [0.2, 0.25) is 0 Å². The molecule has 9 nitrogen and oxygen atoms in total. The van der Waals surface area contributed by atoms with E-state index < -0.39 is 33.7 Å². The van der Waals surface area contributed by atoms with Gasteiger partial charge in [-0.3, -0.25) is 14.9 Å². The Bertz CT molecular complexity index is 800. The molecule has 0 fully saturated rings. The summed E-state index contributed by atoms with van der Waals surface area (Å²) in [6.07, 6.45) is -0.703. The number of carbonyl (C=O) groups is 1. The highest BCUT2D eigenvalue weighted by Crippen LogP contribution is 2.43. The maximum atomic E-state index is 11.2. The van der Waals surface area contributed by atoms with Crippen molar-refractivity contribution in [3.63, 3.8) is 0 Å². The van der Waals surface area contributed by atoms with E-state index in [2.05, 4.69) is 36.8 Å². The van der Waals surface area contributed by atoms with Crippen molar-refractivity contribution in [2.45, 2.75) is 6.42 Å². The number of nitro groups is 2. The van der Waals surface area contributed by atoms with E-state index in [4.69, 9.17) is 5.11 Å². The van der Waals surface area contributed by atoms with Crippen molar-refractivity contribution in [3.05, 3.63) is 40.8 Å². The number of aromatic amines is 1. The van der Waals surface area contributed by atoms with Gasteiger partial charge >= 0.3 is 11.8 Å². The largest absolute Gasteiger partial charge is 0.481 e. The molecule has 0 aliphatic heterocycles. The zero-order valence-electron chi connectivity index (χ0n) is 9.92. The van der Waals surface area contributed by atoms with Gasteiger partial charge in [0.15, 0.2) is 0 Å². The summed E-state index contributed by atoms with van der Waals surface area (Å²) in [6, 6.07) is 1.41. The van der Waals surface area contributed by atoms with Crippen molar-refractivity contribution in [2.75, 3.05) is 0 Å². The lowest BCUT2D eigenvalue weighted by molar-refractivity contribution is -0.390. The Hall–Kier alpha value is -2.01. The van der Waals surface area contributed by atoms with Crippen molar-refractivity contribution in [3.8, 4) is 0 Å². The van der Waals surface area contributed by atoms with Crippen LogP contribution in [-0.4, -0.2) is 25.9 Å². The van der Waals surface area contributed by atoms with Crippen LogP contribution in [0.4, 0.5) is 11.5 Å². The number of nitro benzene ring substituents is 1. The molecule has 0 radical (unpaired) electrons. The number of benzene rings is 1.